The number of hydrogen-bond donors (Lipinski definition) is 1. The predicted octanol–water partition coefficient (Wildman–Crippen LogP) is 1.68. The summed E-state index contributed by atoms with van der Waals surface area (Å²) in [4.78, 5) is 5.76. The molecule has 0 aliphatic carbocycles. The molecule has 2 heterocycles. The Bertz CT molecular complexity index is 379. The Labute approximate surface area is 98.2 Å². The van der Waals surface area contributed by atoms with Crippen LogP contribution in [-0.2, 0) is 4.74 Å². The second kappa shape index (κ2) is 4.43. The van der Waals surface area contributed by atoms with Gasteiger partial charge in [0.15, 0.2) is 0 Å². The quantitative estimate of drug-likeness (QED) is 0.765. The Morgan fingerprint density at radius 1 is 1.69 bits per heavy atom. The van der Waals surface area contributed by atoms with E-state index in [9.17, 15) is 4.39 Å². The second-order valence-electron chi connectivity index (χ2n) is 3.79. The van der Waals surface area contributed by atoms with Crippen molar-refractivity contribution in [2.24, 2.45) is 0 Å². The van der Waals surface area contributed by atoms with Gasteiger partial charge in [0, 0.05) is 12.6 Å². The lowest BCUT2D eigenvalue weighted by Gasteiger charge is -2.34. The van der Waals surface area contributed by atoms with E-state index in [1.54, 1.807) is 6.07 Å². The minimum Gasteiger partial charge on any atom is -0.397 e. The van der Waals surface area contributed by atoms with E-state index in [0.29, 0.717) is 25.6 Å². The molecule has 1 aliphatic heterocycles. The zero-order chi connectivity index (χ0) is 11.7. The summed E-state index contributed by atoms with van der Waals surface area (Å²) in [7, 11) is 0. The lowest BCUT2D eigenvalue weighted by atomic mass is 10.2. The molecule has 2 N–H and O–H groups in total. The monoisotopic (exact) mass is 245 g/mol. The maximum Gasteiger partial charge on any atom is 0.235 e. The number of nitrogens with zero attached hydrogens (tertiary/aromatic N) is 2. The Balaban J connectivity index is 2.32. The maximum absolute atomic E-state index is 13.3. The largest absolute Gasteiger partial charge is 0.397 e. The van der Waals surface area contributed by atoms with Crippen LogP contribution in [0.4, 0.5) is 15.9 Å². The van der Waals surface area contributed by atoms with Gasteiger partial charge in [-0.15, -0.1) is 0 Å². The molecule has 1 aromatic rings. The smallest absolute Gasteiger partial charge is 0.235 e. The van der Waals surface area contributed by atoms with Crippen molar-refractivity contribution in [3.8, 4) is 0 Å². The summed E-state index contributed by atoms with van der Waals surface area (Å²) in [5.41, 5.74) is 5.81. The van der Waals surface area contributed by atoms with Gasteiger partial charge in [-0.25, -0.2) is 4.98 Å². The number of rotatable bonds is 1. The van der Waals surface area contributed by atoms with Gasteiger partial charge in [0.1, 0.15) is 10.8 Å². The topological polar surface area (TPSA) is 51.4 Å². The van der Waals surface area contributed by atoms with Crippen molar-refractivity contribution in [2.45, 2.75) is 13.0 Å². The zero-order valence-corrected chi connectivity index (χ0v) is 9.67. The number of nitrogen functional groups attached to an aromatic ring is 1. The van der Waals surface area contributed by atoms with Crippen molar-refractivity contribution in [3.05, 3.63) is 17.0 Å². The number of ether oxygens (including phenoxy) is 1. The molecule has 0 aromatic carbocycles. The summed E-state index contributed by atoms with van der Waals surface area (Å²) in [6.45, 7) is 3.88. The summed E-state index contributed by atoms with van der Waals surface area (Å²) in [5, 5.41) is -0.121. The first kappa shape index (κ1) is 11.4. The number of aromatic nitrogens is 1. The van der Waals surface area contributed by atoms with Crippen LogP contribution < -0.4 is 10.6 Å². The summed E-state index contributed by atoms with van der Waals surface area (Å²) < 4.78 is 18.6. The van der Waals surface area contributed by atoms with Crippen molar-refractivity contribution in [1.82, 2.24) is 4.98 Å². The summed E-state index contributed by atoms with van der Waals surface area (Å²) in [5.74, 6) is -0.217. The van der Waals surface area contributed by atoms with E-state index in [-0.39, 0.29) is 16.8 Å². The standard InChI is InChI=1S/C10H13ClFN3O/c1-6-5-16-3-2-15(6)8-4-7(13)9(11)10(12)14-8/h4,6H,2-3,5H2,1H3,(H2,13,14). The fraction of sp³-hybridized carbons (Fsp3) is 0.500. The first-order valence-corrected chi connectivity index (χ1v) is 5.43. The second-order valence-corrected chi connectivity index (χ2v) is 4.17. The molecule has 0 saturated carbocycles. The third-order valence-electron chi connectivity index (χ3n) is 2.59. The lowest BCUT2D eigenvalue weighted by molar-refractivity contribution is 0.0984. The fourth-order valence-corrected chi connectivity index (χ4v) is 1.81. The molecule has 4 nitrogen and oxygen atoms in total. The highest BCUT2D eigenvalue weighted by Crippen LogP contribution is 2.27. The number of halogens is 2. The number of anilines is 2. The molecule has 1 aromatic heterocycles. The van der Waals surface area contributed by atoms with Gasteiger partial charge in [0.2, 0.25) is 5.95 Å². The number of hydrogen-bond acceptors (Lipinski definition) is 4. The average molecular weight is 246 g/mol. The van der Waals surface area contributed by atoms with Crippen LogP contribution in [0.2, 0.25) is 5.02 Å². The first-order valence-electron chi connectivity index (χ1n) is 5.05. The molecule has 6 heteroatoms. The maximum atomic E-state index is 13.3. The van der Waals surface area contributed by atoms with Crippen molar-refractivity contribution >= 4 is 23.1 Å². The van der Waals surface area contributed by atoms with Crippen LogP contribution in [0.1, 0.15) is 6.92 Å². The van der Waals surface area contributed by atoms with Crippen LogP contribution in [0.5, 0.6) is 0 Å². The van der Waals surface area contributed by atoms with Crippen molar-refractivity contribution in [2.75, 3.05) is 30.4 Å². The molecule has 1 fully saturated rings. The molecule has 0 spiro atoms. The van der Waals surface area contributed by atoms with Gasteiger partial charge in [-0.3, -0.25) is 0 Å². The molecule has 88 valence electrons. The summed E-state index contributed by atoms with van der Waals surface area (Å²) in [6, 6.07) is 1.74. The minimum atomic E-state index is -0.727. The molecular weight excluding hydrogens is 233 g/mol. The third-order valence-corrected chi connectivity index (χ3v) is 2.97. The molecule has 1 aliphatic rings. The average Bonchev–Trinajstić information content (AvgIpc) is 2.26. The highest BCUT2D eigenvalue weighted by atomic mass is 35.5. The Hall–Kier alpha value is -1.07. The van der Waals surface area contributed by atoms with Gasteiger partial charge in [0.05, 0.1) is 24.9 Å². The fourth-order valence-electron chi connectivity index (χ4n) is 1.72. The molecule has 1 atom stereocenters. The van der Waals surface area contributed by atoms with E-state index in [1.165, 1.54) is 0 Å². The summed E-state index contributed by atoms with van der Waals surface area (Å²) in [6.07, 6.45) is 0. The van der Waals surface area contributed by atoms with Gasteiger partial charge < -0.3 is 15.4 Å². The normalized spacial score (nSPS) is 21.2. The van der Waals surface area contributed by atoms with Crippen LogP contribution in [0.15, 0.2) is 6.07 Å². The van der Waals surface area contributed by atoms with Crippen LogP contribution in [-0.4, -0.2) is 30.8 Å². The van der Waals surface area contributed by atoms with E-state index in [4.69, 9.17) is 22.1 Å². The number of pyridine rings is 1. The van der Waals surface area contributed by atoms with Gasteiger partial charge >= 0.3 is 0 Å². The molecule has 2 rings (SSSR count). The zero-order valence-electron chi connectivity index (χ0n) is 8.91. The predicted molar refractivity (Wildman–Crippen MR) is 61.2 cm³/mol. The Kier molecular flexibility index (Phi) is 3.16. The first-order chi connectivity index (χ1) is 7.59. The van der Waals surface area contributed by atoms with Crippen molar-refractivity contribution in [1.29, 1.82) is 0 Å². The highest BCUT2D eigenvalue weighted by Gasteiger charge is 2.21. The highest BCUT2D eigenvalue weighted by molar-refractivity contribution is 6.33. The minimum absolute atomic E-state index is 0.121. The SMILES string of the molecule is CC1COCCN1c1cc(N)c(Cl)c(F)n1. The van der Waals surface area contributed by atoms with E-state index in [2.05, 4.69) is 4.98 Å². The molecule has 1 unspecified atom stereocenters. The molecule has 0 radical (unpaired) electrons. The number of nitrogens with two attached hydrogens (primary N) is 1. The van der Waals surface area contributed by atoms with Crippen LogP contribution in [0.3, 0.4) is 0 Å². The van der Waals surface area contributed by atoms with Crippen LogP contribution >= 0.6 is 11.6 Å². The molecule has 16 heavy (non-hydrogen) atoms. The van der Waals surface area contributed by atoms with Crippen molar-refractivity contribution in [3.63, 3.8) is 0 Å². The van der Waals surface area contributed by atoms with Crippen LogP contribution in [0.25, 0.3) is 0 Å². The van der Waals surface area contributed by atoms with Crippen molar-refractivity contribution < 1.29 is 9.13 Å². The van der Waals surface area contributed by atoms with Gasteiger partial charge in [-0.1, -0.05) is 11.6 Å². The third kappa shape index (κ3) is 2.05. The summed E-state index contributed by atoms with van der Waals surface area (Å²) >= 11 is 5.62. The van der Waals surface area contributed by atoms with Gasteiger partial charge in [0.25, 0.3) is 0 Å². The van der Waals surface area contributed by atoms with Crippen LogP contribution in [0, 0.1) is 5.95 Å². The van der Waals surface area contributed by atoms with E-state index >= 15 is 0 Å². The van der Waals surface area contributed by atoms with E-state index in [1.807, 2.05) is 11.8 Å². The molecule has 0 amide bonds. The lowest BCUT2D eigenvalue weighted by Crippen LogP contribution is -2.44. The van der Waals surface area contributed by atoms with Gasteiger partial charge in [-0.2, -0.15) is 4.39 Å². The Morgan fingerprint density at radius 3 is 3.06 bits per heavy atom. The molecular formula is C10H13ClFN3O. The van der Waals surface area contributed by atoms with Gasteiger partial charge in [-0.05, 0) is 6.92 Å². The Morgan fingerprint density at radius 2 is 2.44 bits per heavy atom. The molecule has 1 saturated heterocycles. The van der Waals surface area contributed by atoms with E-state index < -0.39 is 5.95 Å². The van der Waals surface area contributed by atoms with E-state index in [0.717, 1.165) is 0 Å². The molecule has 0 bridgehead atoms. The number of morpholine rings is 1.